The topological polar surface area (TPSA) is 37.4 Å². The SMILES string of the molecule is Cc1ccc(C=C2SCC(Cc3ccccc3)N2S(=O)(=O)c2ccc(C)cc2)cc1. The lowest BCUT2D eigenvalue weighted by Crippen LogP contribution is -2.37. The molecule has 4 rings (SSSR count). The Hall–Kier alpha value is -2.50. The van der Waals surface area contributed by atoms with E-state index in [0.29, 0.717) is 11.3 Å². The van der Waals surface area contributed by atoms with Crippen LogP contribution in [0.2, 0.25) is 0 Å². The summed E-state index contributed by atoms with van der Waals surface area (Å²) in [6.45, 7) is 4.01. The normalized spacial score (nSPS) is 18.1. The maximum atomic E-state index is 13.7. The Balaban J connectivity index is 1.74. The summed E-state index contributed by atoms with van der Waals surface area (Å²) in [5.74, 6) is 0.734. The molecule has 0 N–H and O–H groups in total. The van der Waals surface area contributed by atoms with Crippen molar-refractivity contribution in [3.63, 3.8) is 0 Å². The van der Waals surface area contributed by atoms with Gasteiger partial charge in [-0.3, -0.25) is 4.31 Å². The van der Waals surface area contributed by atoms with Crippen LogP contribution in [0.3, 0.4) is 0 Å². The first-order valence-corrected chi connectivity index (χ1v) is 12.4. The van der Waals surface area contributed by atoms with Crippen molar-refractivity contribution in [1.82, 2.24) is 4.31 Å². The van der Waals surface area contributed by atoms with E-state index in [-0.39, 0.29) is 6.04 Å². The monoisotopic (exact) mass is 435 g/mol. The van der Waals surface area contributed by atoms with Crippen LogP contribution in [0.1, 0.15) is 22.3 Å². The van der Waals surface area contributed by atoms with Gasteiger partial charge in [0.25, 0.3) is 10.0 Å². The molecule has 0 spiro atoms. The molecule has 0 bridgehead atoms. The van der Waals surface area contributed by atoms with Crippen LogP contribution in [-0.2, 0) is 16.4 Å². The third-order valence-corrected chi connectivity index (χ3v) is 8.39. The van der Waals surface area contributed by atoms with Crippen LogP contribution >= 0.6 is 11.8 Å². The molecule has 30 heavy (non-hydrogen) atoms. The Kier molecular flexibility index (Phi) is 6.02. The molecule has 1 atom stereocenters. The summed E-state index contributed by atoms with van der Waals surface area (Å²) in [6, 6.07) is 25.2. The number of hydrogen-bond acceptors (Lipinski definition) is 3. The Labute approximate surface area is 183 Å². The van der Waals surface area contributed by atoms with Gasteiger partial charge in [0.15, 0.2) is 0 Å². The average molecular weight is 436 g/mol. The van der Waals surface area contributed by atoms with Gasteiger partial charge in [0, 0.05) is 5.75 Å². The van der Waals surface area contributed by atoms with Crippen molar-refractivity contribution in [3.05, 3.63) is 106 Å². The van der Waals surface area contributed by atoms with Gasteiger partial charge < -0.3 is 0 Å². The van der Waals surface area contributed by atoms with Crippen molar-refractivity contribution in [3.8, 4) is 0 Å². The highest BCUT2D eigenvalue weighted by Gasteiger charge is 2.38. The zero-order valence-electron chi connectivity index (χ0n) is 17.2. The van der Waals surface area contributed by atoms with Crippen molar-refractivity contribution < 1.29 is 8.42 Å². The zero-order valence-corrected chi connectivity index (χ0v) is 18.8. The van der Waals surface area contributed by atoms with Crippen LogP contribution in [0.5, 0.6) is 0 Å². The van der Waals surface area contributed by atoms with Gasteiger partial charge in [-0.1, -0.05) is 77.9 Å². The van der Waals surface area contributed by atoms with E-state index < -0.39 is 10.0 Å². The minimum Gasteiger partial charge on any atom is -0.256 e. The van der Waals surface area contributed by atoms with Crippen LogP contribution in [0.4, 0.5) is 0 Å². The quantitative estimate of drug-likeness (QED) is 0.520. The van der Waals surface area contributed by atoms with E-state index in [1.807, 2.05) is 74.5 Å². The summed E-state index contributed by atoms with van der Waals surface area (Å²) < 4.78 is 29.0. The van der Waals surface area contributed by atoms with E-state index in [9.17, 15) is 8.42 Å². The fraction of sp³-hybridized carbons (Fsp3) is 0.200. The van der Waals surface area contributed by atoms with Gasteiger partial charge >= 0.3 is 0 Å². The number of sulfonamides is 1. The van der Waals surface area contributed by atoms with Gasteiger partial charge in [0.2, 0.25) is 0 Å². The summed E-state index contributed by atoms with van der Waals surface area (Å²) in [5.41, 5.74) is 4.37. The van der Waals surface area contributed by atoms with Crippen molar-refractivity contribution in [1.29, 1.82) is 0 Å². The maximum absolute atomic E-state index is 13.7. The van der Waals surface area contributed by atoms with E-state index in [2.05, 4.69) is 12.1 Å². The summed E-state index contributed by atoms with van der Waals surface area (Å²) in [4.78, 5) is 0.337. The molecule has 0 radical (unpaired) electrons. The van der Waals surface area contributed by atoms with Gasteiger partial charge in [0.05, 0.1) is 16.0 Å². The van der Waals surface area contributed by atoms with E-state index in [1.165, 1.54) is 5.56 Å². The molecule has 1 unspecified atom stereocenters. The molecule has 3 nitrogen and oxygen atoms in total. The first-order valence-electron chi connectivity index (χ1n) is 10.00. The lowest BCUT2D eigenvalue weighted by atomic mass is 10.1. The Morgan fingerprint density at radius 2 is 1.50 bits per heavy atom. The molecule has 1 aliphatic rings. The summed E-state index contributed by atoms with van der Waals surface area (Å²) >= 11 is 1.61. The van der Waals surface area contributed by atoms with Crippen molar-refractivity contribution in [2.24, 2.45) is 0 Å². The first-order chi connectivity index (χ1) is 14.4. The minimum atomic E-state index is -3.66. The van der Waals surface area contributed by atoms with Crippen LogP contribution in [-0.4, -0.2) is 24.5 Å². The lowest BCUT2D eigenvalue weighted by molar-refractivity contribution is 0.430. The van der Waals surface area contributed by atoms with Crippen LogP contribution in [0.15, 0.2) is 88.8 Å². The van der Waals surface area contributed by atoms with Crippen molar-refractivity contribution in [2.45, 2.75) is 31.2 Å². The standard InChI is InChI=1S/C25H25NO2S2/c1-19-8-12-22(13-9-19)17-25-26(30(27,28)24-14-10-20(2)11-15-24)23(18-29-25)16-21-6-4-3-5-7-21/h3-15,17,23H,16,18H2,1-2H3. The van der Waals surface area contributed by atoms with E-state index in [1.54, 1.807) is 28.2 Å². The summed E-state index contributed by atoms with van der Waals surface area (Å²) in [5, 5.41) is 0.778. The van der Waals surface area contributed by atoms with Crippen LogP contribution < -0.4 is 0 Å². The van der Waals surface area contributed by atoms with Gasteiger partial charge in [-0.2, -0.15) is 0 Å². The number of rotatable bonds is 5. The summed E-state index contributed by atoms with van der Waals surface area (Å²) in [6.07, 6.45) is 2.67. The minimum absolute atomic E-state index is 0.125. The fourth-order valence-electron chi connectivity index (χ4n) is 3.57. The molecule has 154 valence electrons. The largest absolute Gasteiger partial charge is 0.265 e. The molecule has 3 aromatic rings. The number of aryl methyl sites for hydroxylation is 2. The average Bonchev–Trinajstić information content (AvgIpc) is 3.13. The molecule has 0 amide bonds. The predicted molar refractivity (Wildman–Crippen MR) is 126 cm³/mol. The van der Waals surface area contributed by atoms with E-state index in [4.69, 9.17) is 0 Å². The fourth-order valence-corrected chi connectivity index (χ4v) is 6.78. The Morgan fingerprint density at radius 1 is 0.900 bits per heavy atom. The second-order valence-electron chi connectivity index (χ2n) is 7.66. The highest BCUT2D eigenvalue weighted by Crippen LogP contribution is 2.40. The maximum Gasteiger partial charge on any atom is 0.265 e. The summed E-state index contributed by atoms with van der Waals surface area (Å²) in [7, 11) is -3.66. The Bertz CT molecular complexity index is 1140. The van der Waals surface area contributed by atoms with Crippen molar-refractivity contribution >= 4 is 27.9 Å². The molecule has 3 aromatic carbocycles. The molecule has 0 aliphatic carbocycles. The number of hydrogen-bond donors (Lipinski definition) is 0. The highest BCUT2D eigenvalue weighted by atomic mass is 32.2. The second kappa shape index (κ2) is 8.70. The van der Waals surface area contributed by atoms with Gasteiger partial charge in [-0.15, -0.1) is 11.8 Å². The molecule has 1 aliphatic heterocycles. The predicted octanol–water partition coefficient (Wildman–Crippen LogP) is 5.65. The van der Waals surface area contributed by atoms with Gasteiger partial charge in [0.1, 0.15) is 0 Å². The Morgan fingerprint density at radius 3 is 2.13 bits per heavy atom. The number of thioether (sulfide) groups is 1. The smallest absolute Gasteiger partial charge is 0.256 e. The van der Waals surface area contributed by atoms with E-state index in [0.717, 1.165) is 27.5 Å². The first kappa shape index (κ1) is 20.8. The molecule has 0 aromatic heterocycles. The molecule has 0 saturated carbocycles. The van der Waals surface area contributed by atoms with Crippen LogP contribution in [0.25, 0.3) is 6.08 Å². The molecule has 5 heteroatoms. The molecular formula is C25H25NO2S2. The second-order valence-corrected chi connectivity index (χ2v) is 10.5. The van der Waals surface area contributed by atoms with Crippen molar-refractivity contribution in [2.75, 3.05) is 5.75 Å². The third-order valence-electron chi connectivity index (χ3n) is 5.23. The highest BCUT2D eigenvalue weighted by molar-refractivity contribution is 8.04. The number of benzene rings is 3. The lowest BCUT2D eigenvalue weighted by Gasteiger charge is -2.26. The van der Waals surface area contributed by atoms with Crippen LogP contribution in [0, 0.1) is 13.8 Å². The molecule has 1 heterocycles. The van der Waals surface area contributed by atoms with E-state index >= 15 is 0 Å². The third kappa shape index (κ3) is 4.47. The van der Waals surface area contributed by atoms with Gasteiger partial charge in [-0.25, -0.2) is 8.42 Å². The number of nitrogens with zero attached hydrogens (tertiary/aromatic N) is 1. The van der Waals surface area contributed by atoms with Gasteiger partial charge in [-0.05, 0) is 49.6 Å². The zero-order chi connectivity index (χ0) is 21.1. The molecular weight excluding hydrogens is 410 g/mol. The molecule has 1 fully saturated rings. The molecule has 1 saturated heterocycles.